The Morgan fingerprint density at radius 3 is 2.62 bits per heavy atom. The van der Waals surface area contributed by atoms with E-state index in [9.17, 15) is 13.2 Å². The van der Waals surface area contributed by atoms with Crippen LogP contribution >= 0.6 is 10.5 Å². The maximum absolute atomic E-state index is 13.2. The average molecular weight is 433 g/mol. The molecular weight excluding hydrogens is 412 g/mol. The molecule has 0 aliphatic carbocycles. The second kappa shape index (κ2) is 8.10. The summed E-state index contributed by atoms with van der Waals surface area (Å²) in [6.07, 6.45) is 2.00. The van der Waals surface area contributed by atoms with E-state index in [1.54, 1.807) is 12.1 Å². The Kier molecular flexibility index (Phi) is 5.53. The number of carbonyl (C=O) groups excluding carboxylic acids is 1. The molecule has 0 saturated carbocycles. The van der Waals surface area contributed by atoms with Crippen LogP contribution in [0.25, 0.3) is 10.8 Å². The number of fused-ring (bicyclic) bond motifs is 1. The summed E-state index contributed by atoms with van der Waals surface area (Å²) < 4.78 is 27.9. The van der Waals surface area contributed by atoms with Crippen molar-refractivity contribution < 1.29 is 18.4 Å². The molecule has 2 aliphatic rings. The molecule has 1 fully saturated rings. The second-order valence-electron chi connectivity index (χ2n) is 6.66. The van der Waals surface area contributed by atoms with Crippen LogP contribution in [0.2, 0.25) is 0 Å². The molecule has 2 aliphatic heterocycles. The zero-order valence-corrected chi connectivity index (χ0v) is 17.1. The van der Waals surface area contributed by atoms with Crippen molar-refractivity contribution in [3.8, 4) is 0 Å². The van der Waals surface area contributed by atoms with Crippen molar-refractivity contribution in [1.82, 2.24) is 14.7 Å². The summed E-state index contributed by atoms with van der Waals surface area (Å²) in [7, 11) is -4.73. The first-order chi connectivity index (χ1) is 14.0. The molecule has 2 aromatic rings. The Morgan fingerprint density at radius 1 is 1.07 bits per heavy atom. The highest BCUT2D eigenvalue weighted by Crippen LogP contribution is 2.31. The van der Waals surface area contributed by atoms with Crippen LogP contribution in [0, 0.1) is 0 Å². The van der Waals surface area contributed by atoms with Crippen LogP contribution in [-0.2, 0) is 14.8 Å². The molecule has 2 aromatic carbocycles. The number of nitrogens with zero attached hydrogens (tertiary/aromatic N) is 3. The lowest BCUT2D eigenvalue weighted by atomic mass is 10.1. The molecule has 152 valence electrons. The number of hydrogen-bond acceptors (Lipinski definition) is 7. The minimum Gasteiger partial charge on any atom is -0.349 e. The minimum absolute atomic E-state index is 0.275. The smallest absolute Gasteiger partial charge is 0.243 e. The molecule has 10 heteroatoms. The maximum Gasteiger partial charge on any atom is 0.243 e. The molecule has 4 rings (SSSR count). The summed E-state index contributed by atoms with van der Waals surface area (Å²) in [6.45, 7) is 1.64. The molecule has 1 saturated heterocycles. The quantitative estimate of drug-likeness (QED) is 0.568. The number of aliphatic imine (C=N–C) groups is 1. The Morgan fingerprint density at radius 2 is 1.86 bits per heavy atom. The minimum atomic E-state index is -3.63. The number of hydrogen-bond donors (Lipinski definition) is 2. The van der Waals surface area contributed by atoms with Crippen molar-refractivity contribution in [3.05, 3.63) is 53.7 Å². The molecule has 2 N–H and O–H groups in total. The Bertz CT molecular complexity index is 1170. The van der Waals surface area contributed by atoms with E-state index in [0.29, 0.717) is 36.3 Å². The van der Waals surface area contributed by atoms with E-state index in [4.69, 9.17) is 5.21 Å². The van der Waals surface area contributed by atoms with Gasteiger partial charge in [0.15, 0.2) is 10.4 Å². The van der Waals surface area contributed by atoms with Crippen LogP contribution in [-0.4, -0.2) is 59.4 Å². The molecular formula is C19H20N4O4S2. The van der Waals surface area contributed by atoms with Crippen LogP contribution in [0.3, 0.4) is 0 Å². The van der Waals surface area contributed by atoms with E-state index in [0.717, 1.165) is 10.8 Å². The molecule has 2 heterocycles. The highest BCUT2D eigenvalue weighted by molar-refractivity contribution is 8.30. The van der Waals surface area contributed by atoms with Crippen LogP contribution in [0.4, 0.5) is 0 Å². The van der Waals surface area contributed by atoms with E-state index in [2.05, 4.69) is 4.99 Å². The van der Waals surface area contributed by atoms with Gasteiger partial charge in [-0.25, -0.2) is 18.2 Å². The van der Waals surface area contributed by atoms with Crippen LogP contribution in [0.1, 0.15) is 6.42 Å². The number of rotatable bonds is 3. The largest absolute Gasteiger partial charge is 0.349 e. The van der Waals surface area contributed by atoms with E-state index >= 15 is 0 Å². The molecule has 0 spiro atoms. The van der Waals surface area contributed by atoms with Crippen LogP contribution < -0.4 is 5.48 Å². The number of hydroxylamine groups is 1. The molecule has 0 amide bonds. The van der Waals surface area contributed by atoms with Gasteiger partial charge in [0, 0.05) is 36.7 Å². The zero-order chi connectivity index (χ0) is 20.4. The molecule has 8 nitrogen and oxygen atoms in total. The summed E-state index contributed by atoms with van der Waals surface area (Å²) in [4.78, 5) is 17.7. The Balaban J connectivity index is 1.54. The molecule has 1 unspecified atom stereocenters. The van der Waals surface area contributed by atoms with Crippen molar-refractivity contribution >= 4 is 41.7 Å². The molecule has 0 radical (unpaired) electrons. The average Bonchev–Trinajstić information content (AvgIpc) is 3.00. The van der Waals surface area contributed by atoms with Gasteiger partial charge in [0.1, 0.15) is 5.03 Å². The topological polar surface area (TPSA) is 102 Å². The van der Waals surface area contributed by atoms with Gasteiger partial charge in [-0.3, -0.25) is 10.7 Å². The number of benzene rings is 2. The van der Waals surface area contributed by atoms with Crippen molar-refractivity contribution in [2.45, 2.75) is 11.3 Å². The molecule has 0 aromatic heterocycles. The zero-order valence-electron chi connectivity index (χ0n) is 15.5. The summed E-state index contributed by atoms with van der Waals surface area (Å²) in [5.41, 5.74) is 1.98. The van der Waals surface area contributed by atoms with Gasteiger partial charge in [0.05, 0.1) is 11.1 Å². The van der Waals surface area contributed by atoms with Gasteiger partial charge < -0.3 is 4.90 Å². The fourth-order valence-corrected chi connectivity index (χ4v) is 6.20. The highest BCUT2D eigenvalue weighted by Gasteiger charge is 2.30. The number of amidine groups is 1. The number of nitrogens with one attached hydrogen (secondary N) is 1. The summed E-state index contributed by atoms with van der Waals surface area (Å²) in [6, 6.07) is 12.8. The highest BCUT2D eigenvalue weighted by atomic mass is 32.2. The van der Waals surface area contributed by atoms with Gasteiger partial charge in [-0.1, -0.05) is 30.3 Å². The van der Waals surface area contributed by atoms with E-state index < -0.39 is 20.5 Å². The van der Waals surface area contributed by atoms with Gasteiger partial charge in [-0.05, 0) is 29.3 Å². The summed E-state index contributed by atoms with van der Waals surface area (Å²) in [5, 5.41) is 13.7. The Labute approximate surface area is 171 Å². The first-order valence-electron chi connectivity index (χ1n) is 9.08. The van der Waals surface area contributed by atoms with Gasteiger partial charge in [0.25, 0.3) is 0 Å². The van der Waals surface area contributed by atoms with E-state index in [1.807, 2.05) is 45.9 Å². The second-order valence-corrected chi connectivity index (χ2v) is 10.2. The van der Waals surface area contributed by atoms with Gasteiger partial charge in [-0.15, -0.1) is 0 Å². The monoisotopic (exact) mass is 432 g/mol. The SMILES string of the molecule is O=C=S1C(NO)=CN=C1N1CCCN(S(=O)(=O)c2ccc3ccccc3c2)CC1. The Hall–Kier alpha value is -2.49. The number of sulfonamides is 1. The van der Waals surface area contributed by atoms with Crippen molar-refractivity contribution in [2.24, 2.45) is 4.99 Å². The predicted molar refractivity (Wildman–Crippen MR) is 113 cm³/mol. The van der Waals surface area contributed by atoms with Crippen molar-refractivity contribution in [3.63, 3.8) is 0 Å². The van der Waals surface area contributed by atoms with Crippen LogP contribution in [0.15, 0.2) is 63.6 Å². The fourth-order valence-electron chi connectivity index (χ4n) is 3.49. The van der Waals surface area contributed by atoms with Gasteiger partial charge in [0.2, 0.25) is 10.0 Å². The normalized spacial score (nSPS) is 20.7. The molecule has 1 atom stereocenters. The summed E-state index contributed by atoms with van der Waals surface area (Å²) in [5.74, 6) is 0. The fraction of sp³-hybridized carbons (Fsp3) is 0.263. The van der Waals surface area contributed by atoms with Crippen LogP contribution in [0.5, 0.6) is 0 Å². The van der Waals surface area contributed by atoms with Crippen molar-refractivity contribution in [1.29, 1.82) is 0 Å². The molecule has 29 heavy (non-hydrogen) atoms. The third-order valence-corrected chi connectivity index (χ3v) is 8.40. The first-order valence-corrected chi connectivity index (χ1v) is 11.7. The van der Waals surface area contributed by atoms with E-state index in [1.165, 1.54) is 10.5 Å². The third-order valence-electron chi connectivity index (χ3n) is 4.97. The van der Waals surface area contributed by atoms with Gasteiger partial charge in [-0.2, -0.15) is 4.31 Å². The third kappa shape index (κ3) is 3.73. The van der Waals surface area contributed by atoms with E-state index in [-0.39, 0.29) is 11.4 Å². The predicted octanol–water partition coefficient (Wildman–Crippen LogP) is 2.02. The van der Waals surface area contributed by atoms with Crippen molar-refractivity contribution in [2.75, 3.05) is 26.2 Å². The molecule has 0 bridgehead atoms. The maximum atomic E-state index is 13.2. The first kappa shape index (κ1) is 19.8. The lowest BCUT2D eigenvalue weighted by Crippen LogP contribution is -2.36. The summed E-state index contributed by atoms with van der Waals surface area (Å²) >= 11 is 0. The lowest BCUT2D eigenvalue weighted by molar-refractivity contribution is 0.210. The standard InChI is InChI=1S/C19H20N4O4S2/c24-14-28-18(21-25)13-20-19(28)22-8-3-9-23(11-10-22)29(26,27)17-7-6-15-4-1-2-5-16(15)12-17/h1-2,4-7,12-13,21,25H,3,8-11H2. The van der Waals surface area contributed by atoms with Gasteiger partial charge >= 0.3 is 0 Å². The lowest BCUT2D eigenvalue weighted by Gasteiger charge is -2.23.